The van der Waals surface area contributed by atoms with Crippen LogP contribution in [0.1, 0.15) is 44.6 Å². The van der Waals surface area contributed by atoms with Gasteiger partial charge in [0.2, 0.25) is 5.91 Å². The van der Waals surface area contributed by atoms with Gasteiger partial charge < -0.3 is 14.5 Å². The molecule has 1 saturated heterocycles. The first-order chi connectivity index (χ1) is 9.81. The second-order valence-corrected chi connectivity index (χ2v) is 6.28. The molecule has 2 heterocycles. The number of rotatable bonds is 4. The van der Waals surface area contributed by atoms with E-state index in [1.165, 1.54) is 4.90 Å². The number of carboxylic acids is 1. The van der Waals surface area contributed by atoms with Crippen molar-refractivity contribution in [3.63, 3.8) is 0 Å². The van der Waals surface area contributed by atoms with Gasteiger partial charge in [0.1, 0.15) is 17.7 Å². The van der Waals surface area contributed by atoms with Crippen molar-refractivity contribution in [1.29, 1.82) is 0 Å². The number of carboxylic acid groups (broad SMARTS) is 1. The Morgan fingerprint density at radius 2 is 2.14 bits per heavy atom. The van der Waals surface area contributed by atoms with Crippen LogP contribution in [0.5, 0.6) is 0 Å². The van der Waals surface area contributed by atoms with Crippen molar-refractivity contribution in [1.82, 2.24) is 10.1 Å². The fourth-order valence-electron chi connectivity index (χ4n) is 2.97. The number of carbonyl (C=O) groups is 2. The second kappa shape index (κ2) is 5.87. The summed E-state index contributed by atoms with van der Waals surface area (Å²) in [6.07, 6.45) is 0.501. The zero-order valence-electron chi connectivity index (χ0n) is 12.9. The standard InChI is InChI=1S/C15H22N2O4/c1-8(2)13(12-6-10(4)16-21-12)14(18)17-7-9(3)5-11(17)15(19)20/h6,8-9,11,13H,5,7H2,1-4H3,(H,19,20)/t9-,11+,13?/m1/s1. The quantitative estimate of drug-likeness (QED) is 0.918. The molecule has 0 radical (unpaired) electrons. The van der Waals surface area contributed by atoms with E-state index in [1.54, 1.807) is 13.0 Å². The van der Waals surface area contributed by atoms with Gasteiger partial charge in [-0.05, 0) is 25.2 Å². The molecule has 1 unspecified atom stereocenters. The Balaban J connectivity index is 2.28. The van der Waals surface area contributed by atoms with E-state index >= 15 is 0 Å². The minimum absolute atomic E-state index is 0.00945. The highest BCUT2D eigenvalue weighted by atomic mass is 16.5. The van der Waals surface area contributed by atoms with Crippen LogP contribution in [-0.2, 0) is 9.59 Å². The van der Waals surface area contributed by atoms with Crippen LogP contribution in [-0.4, -0.2) is 39.6 Å². The van der Waals surface area contributed by atoms with Gasteiger partial charge in [-0.25, -0.2) is 4.79 Å². The zero-order chi connectivity index (χ0) is 15.7. The Morgan fingerprint density at radius 1 is 1.48 bits per heavy atom. The minimum Gasteiger partial charge on any atom is -0.480 e. The van der Waals surface area contributed by atoms with Crippen molar-refractivity contribution >= 4 is 11.9 Å². The van der Waals surface area contributed by atoms with Gasteiger partial charge in [0.05, 0.1) is 5.69 Å². The molecule has 0 saturated carbocycles. The number of aromatic nitrogens is 1. The van der Waals surface area contributed by atoms with Crippen molar-refractivity contribution in [3.8, 4) is 0 Å². The third-order valence-corrected chi connectivity index (χ3v) is 3.96. The van der Waals surface area contributed by atoms with E-state index in [0.29, 0.717) is 24.4 Å². The average Bonchev–Trinajstić information content (AvgIpc) is 2.95. The molecule has 1 aliphatic rings. The van der Waals surface area contributed by atoms with Crippen molar-refractivity contribution in [2.75, 3.05) is 6.54 Å². The minimum atomic E-state index is -0.941. The number of nitrogens with zero attached hydrogens (tertiary/aromatic N) is 2. The summed E-state index contributed by atoms with van der Waals surface area (Å²) in [5.74, 6) is -0.897. The van der Waals surface area contributed by atoms with E-state index in [9.17, 15) is 14.7 Å². The number of carbonyl (C=O) groups excluding carboxylic acids is 1. The lowest BCUT2D eigenvalue weighted by Crippen LogP contribution is -2.43. The normalized spacial score (nSPS) is 23.6. The number of aryl methyl sites for hydroxylation is 1. The average molecular weight is 294 g/mol. The summed E-state index contributed by atoms with van der Waals surface area (Å²) >= 11 is 0. The van der Waals surface area contributed by atoms with Gasteiger partial charge in [0.15, 0.2) is 0 Å². The molecule has 0 aromatic carbocycles. The molecule has 116 valence electrons. The molecule has 0 aliphatic carbocycles. The predicted molar refractivity (Wildman–Crippen MR) is 75.7 cm³/mol. The van der Waals surface area contributed by atoms with Crippen LogP contribution in [0.4, 0.5) is 0 Å². The first kappa shape index (κ1) is 15.5. The highest BCUT2D eigenvalue weighted by Gasteiger charge is 2.42. The summed E-state index contributed by atoms with van der Waals surface area (Å²) in [6.45, 7) is 8.09. The van der Waals surface area contributed by atoms with Crippen LogP contribution >= 0.6 is 0 Å². The van der Waals surface area contributed by atoms with E-state index in [0.717, 1.165) is 0 Å². The molecule has 0 bridgehead atoms. The van der Waals surface area contributed by atoms with Gasteiger partial charge in [0, 0.05) is 12.6 Å². The van der Waals surface area contributed by atoms with Crippen molar-refractivity contribution in [2.45, 2.75) is 46.1 Å². The highest BCUT2D eigenvalue weighted by Crippen LogP contribution is 2.32. The van der Waals surface area contributed by atoms with Crippen LogP contribution in [0, 0.1) is 18.8 Å². The van der Waals surface area contributed by atoms with Crippen molar-refractivity contribution in [3.05, 3.63) is 17.5 Å². The lowest BCUT2D eigenvalue weighted by atomic mass is 9.91. The Labute approximate surface area is 124 Å². The molecule has 3 atom stereocenters. The number of amides is 1. The predicted octanol–water partition coefficient (Wildman–Crippen LogP) is 2.04. The van der Waals surface area contributed by atoms with Gasteiger partial charge in [-0.1, -0.05) is 25.9 Å². The lowest BCUT2D eigenvalue weighted by molar-refractivity contribution is -0.149. The van der Waals surface area contributed by atoms with E-state index in [1.807, 2.05) is 20.8 Å². The maximum Gasteiger partial charge on any atom is 0.326 e. The largest absolute Gasteiger partial charge is 0.480 e. The monoisotopic (exact) mass is 294 g/mol. The van der Waals surface area contributed by atoms with E-state index in [-0.39, 0.29) is 17.7 Å². The van der Waals surface area contributed by atoms with Crippen LogP contribution in [0.25, 0.3) is 0 Å². The molecule has 0 spiro atoms. The summed E-state index contributed by atoms with van der Waals surface area (Å²) in [6, 6.07) is 1.01. The molecule has 6 nitrogen and oxygen atoms in total. The molecule has 1 amide bonds. The van der Waals surface area contributed by atoms with Crippen molar-refractivity contribution < 1.29 is 19.2 Å². The summed E-state index contributed by atoms with van der Waals surface area (Å²) in [4.78, 5) is 25.7. The number of hydrogen-bond acceptors (Lipinski definition) is 4. The molecule has 1 fully saturated rings. The number of likely N-dealkylation sites (tertiary alicyclic amines) is 1. The fourth-order valence-corrected chi connectivity index (χ4v) is 2.97. The first-order valence-electron chi connectivity index (χ1n) is 7.27. The summed E-state index contributed by atoms with van der Waals surface area (Å²) in [5.41, 5.74) is 0.716. The molecule has 6 heteroatoms. The summed E-state index contributed by atoms with van der Waals surface area (Å²) in [5, 5.41) is 13.2. The molecular formula is C15H22N2O4. The Kier molecular flexibility index (Phi) is 4.34. The third-order valence-electron chi connectivity index (χ3n) is 3.96. The van der Waals surface area contributed by atoms with E-state index in [2.05, 4.69) is 5.16 Å². The maximum atomic E-state index is 12.8. The maximum absolute atomic E-state index is 12.8. The lowest BCUT2D eigenvalue weighted by Gasteiger charge is -2.27. The van der Waals surface area contributed by atoms with Crippen LogP contribution in [0.2, 0.25) is 0 Å². The Morgan fingerprint density at radius 3 is 2.62 bits per heavy atom. The molecule has 21 heavy (non-hydrogen) atoms. The zero-order valence-corrected chi connectivity index (χ0v) is 12.9. The molecule has 1 aliphatic heterocycles. The van der Waals surface area contributed by atoms with E-state index in [4.69, 9.17) is 4.52 Å². The van der Waals surface area contributed by atoms with Gasteiger partial charge in [-0.15, -0.1) is 0 Å². The van der Waals surface area contributed by atoms with Crippen LogP contribution < -0.4 is 0 Å². The second-order valence-electron chi connectivity index (χ2n) is 6.28. The van der Waals surface area contributed by atoms with Gasteiger partial charge in [-0.3, -0.25) is 4.79 Å². The fraction of sp³-hybridized carbons (Fsp3) is 0.667. The number of hydrogen-bond donors (Lipinski definition) is 1. The van der Waals surface area contributed by atoms with Gasteiger partial charge >= 0.3 is 5.97 Å². The van der Waals surface area contributed by atoms with Crippen LogP contribution in [0.15, 0.2) is 10.6 Å². The molecular weight excluding hydrogens is 272 g/mol. The molecule has 2 rings (SSSR count). The molecule has 1 N–H and O–H groups in total. The Hall–Kier alpha value is -1.85. The first-order valence-corrected chi connectivity index (χ1v) is 7.27. The third kappa shape index (κ3) is 3.09. The smallest absolute Gasteiger partial charge is 0.326 e. The topological polar surface area (TPSA) is 83.6 Å². The molecule has 1 aromatic rings. The van der Waals surface area contributed by atoms with Crippen LogP contribution in [0.3, 0.4) is 0 Å². The molecule has 1 aromatic heterocycles. The van der Waals surface area contributed by atoms with E-state index < -0.39 is 17.9 Å². The van der Waals surface area contributed by atoms with Crippen molar-refractivity contribution in [2.24, 2.45) is 11.8 Å². The Bertz CT molecular complexity index is 538. The van der Waals surface area contributed by atoms with Gasteiger partial charge in [-0.2, -0.15) is 0 Å². The summed E-state index contributed by atoms with van der Waals surface area (Å²) < 4.78 is 5.25. The SMILES string of the molecule is Cc1cc(C(C(=O)N2C[C@H](C)C[C@H]2C(=O)O)C(C)C)on1. The van der Waals surface area contributed by atoms with Gasteiger partial charge in [0.25, 0.3) is 0 Å². The number of aliphatic carboxylic acids is 1. The highest BCUT2D eigenvalue weighted by molar-refractivity contribution is 5.88. The summed E-state index contributed by atoms with van der Waals surface area (Å²) in [7, 11) is 0.